The molecule has 4 aromatic rings. The van der Waals surface area contributed by atoms with Crippen molar-refractivity contribution < 1.29 is 32.5 Å². The Balaban J connectivity index is 1.32. The first kappa shape index (κ1) is 25.6. The van der Waals surface area contributed by atoms with Crippen LogP contribution >= 0.6 is 0 Å². The third-order valence-electron chi connectivity index (χ3n) is 7.95. The van der Waals surface area contributed by atoms with E-state index in [1.165, 1.54) is 23.3 Å². The van der Waals surface area contributed by atoms with E-state index >= 15 is 0 Å². The fourth-order valence-corrected chi connectivity index (χ4v) is 5.95. The first-order chi connectivity index (χ1) is 18.8. The standard InChI is InChI=1S/C30H29F3N2O4/c1-37-21-7-8-25-23(12-21)24-13-26-22-14-29(39-16-18-3-5-20(6-4-18)30(31,32)33)28(38-2)11-19(22)9-10-34(26)15-27(24)35(25)17-36/h3-8,11-12,14,26,36H,9-10,13,15-17H2,1-2H3. The summed E-state index contributed by atoms with van der Waals surface area (Å²) in [7, 11) is 3.24. The Kier molecular flexibility index (Phi) is 6.43. The summed E-state index contributed by atoms with van der Waals surface area (Å²) in [6.45, 7) is 1.62. The minimum absolute atomic E-state index is 0.0909. The van der Waals surface area contributed by atoms with Crippen molar-refractivity contribution >= 4 is 10.9 Å². The topological polar surface area (TPSA) is 56.1 Å². The lowest BCUT2D eigenvalue weighted by atomic mass is 9.85. The maximum absolute atomic E-state index is 12.9. The van der Waals surface area contributed by atoms with Crippen LogP contribution in [0.15, 0.2) is 54.6 Å². The van der Waals surface area contributed by atoms with Gasteiger partial charge in [0.25, 0.3) is 0 Å². The molecule has 2 aliphatic heterocycles. The molecule has 6 rings (SSSR count). The Bertz CT molecular complexity index is 1530. The smallest absolute Gasteiger partial charge is 0.416 e. The van der Waals surface area contributed by atoms with E-state index in [9.17, 15) is 18.3 Å². The first-order valence-corrected chi connectivity index (χ1v) is 12.8. The lowest BCUT2D eigenvalue weighted by Crippen LogP contribution is -2.39. The molecular formula is C30H29F3N2O4. The van der Waals surface area contributed by atoms with Gasteiger partial charge in [-0.1, -0.05) is 12.1 Å². The van der Waals surface area contributed by atoms with E-state index in [0.717, 1.165) is 59.4 Å². The molecule has 1 unspecified atom stereocenters. The molecule has 0 amide bonds. The largest absolute Gasteiger partial charge is 0.497 e. The Morgan fingerprint density at radius 2 is 1.77 bits per heavy atom. The molecule has 0 bridgehead atoms. The van der Waals surface area contributed by atoms with E-state index in [-0.39, 0.29) is 19.4 Å². The zero-order valence-corrected chi connectivity index (χ0v) is 21.7. The van der Waals surface area contributed by atoms with E-state index in [0.29, 0.717) is 23.6 Å². The fourth-order valence-electron chi connectivity index (χ4n) is 5.95. The second-order valence-corrected chi connectivity index (χ2v) is 10.0. The summed E-state index contributed by atoms with van der Waals surface area (Å²) in [5.74, 6) is 1.94. The number of alkyl halides is 3. The van der Waals surface area contributed by atoms with Gasteiger partial charge in [0.05, 0.1) is 25.3 Å². The molecule has 2 aliphatic rings. The average molecular weight is 539 g/mol. The van der Waals surface area contributed by atoms with Crippen LogP contribution in [0.5, 0.6) is 17.2 Å². The number of benzene rings is 3. The summed E-state index contributed by atoms with van der Waals surface area (Å²) in [6, 6.07) is 15.1. The molecule has 0 saturated carbocycles. The predicted molar refractivity (Wildman–Crippen MR) is 140 cm³/mol. The van der Waals surface area contributed by atoms with Crippen molar-refractivity contribution in [3.05, 3.63) is 88.1 Å². The minimum Gasteiger partial charge on any atom is -0.497 e. The van der Waals surface area contributed by atoms with Crippen LogP contribution in [-0.2, 0) is 38.9 Å². The maximum atomic E-state index is 12.9. The molecule has 9 heteroatoms. The van der Waals surface area contributed by atoms with Crippen molar-refractivity contribution in [1.29, 1.82) is 0 Å². The van der Waals surface area contributed by atoms with Crippen LogP contribution in [0.25, 0.3) is 10.9 Å². The summed E-state index contributed by atoms with van der Waals surface area (Å²) >= 11 is 0. The van der Waals surface area contributed by atoms with Crippen molar-refractivity contribution in [3.63, 3.8) is 0 Å². The molecule has 0 saturated heterocycles. The predicted octanol–water partition coefficient (Wildman–Crippen LogP) is 5.86. The second-order valence-electron chi connectivity index (χ2n) is 10.0. The number of fused-ring (bicyclic) bond motifs is 6. The van der Waals surface area contributed by atoms with Gasteiger partial charge in [-0.05, 0) is 77.6 Å². The van der Waals surface area contributed by atoms with Gasteiger partial charge in [-0.25, -0.2) is 0 Å². The lowest BCUT2D eigenvalue weighted by Gasteiger charge is -2.41. The molecule has 1 N–H and O–H groups in total. The minimum atomic E-state index is -4.37. The molecule has 0 spiro atoms. The SMILES string of the molecule is COc1ccc2c(c1)c1c(n2CO)CN2CCc3cc(OC)c(OCc4ccc(C(F)(F)F)cc4)cc3C2C1. The lowest BCUT2D eigenvalue weighted by molar-refractivity contribution is -0.137. The van der Waals surface area contributed by atoms with Crippen LogP contribution in [0, 0.1) is 0 Å². The van der Waals surface area contributed by atoms with E-state index in [2.05, 4.69) is 4.90 Å². The van der Waals surface area contributed by atoms with Gasteiger partial charge in [0.15, 0.2) is 11.5 Å². The number of ether oxygens (including phenoxy) is 3. The number of methoxy groups -OCH3 is 2. The van der Waals surface area contributed by atoms with Gasteiger partial charge in [-0.3, -0.25) is 4.90 Å². The molecule has 6 nitrogen and oxygen atoms in total. The van der Waals surface area contributed by atoms with Gasteiger partial charge >= 0.3 is 6.18 Å². The van der Waals surface area contributed by atoms with Gasteiger partial charge in [-0.15, -0.1) is 0 Å². The normalized spacial score (nSPS) is 16.9. The Morgan fingerprint density at radius 1 is 0.974 bits per heavy atom. The zero-order chi connectivity index (χ0) is 27.3. The van der Waals surface area contributed by atoms with Crippen molar-refractivity contribution in [1.82, 2.24) is 9.47 Å². The Morgan fingerprint density at radius 3 is 2.46 bits per heavy atom. The highest BCUT2D eigenvalue weighted by molar-refractivity contribution is 5.87. The summed E-state index contributed by atoms with van der Waals surface area (Å²) in [4.78, 5) is 2.43. The van der Waals surface area contributed by atoms with Crippen LogP contribution in [0.3, 0.4) is 0 Å². The van der Waals surface area contributed by atoms with Crippen LogP contribution < -0.4 is 14.2 Å². The molecule has 0 fully saturated rings. The van der Waals surface area contributed by atoms with E-state index in [1.54, 1.807) is 14.2 Å². The molecule has 39 heavy (non-hydrogen) atoms. The van der Waals surface area contributed by atoms with E-state index in [4.69, 9.17) is 14.2 Å². The van der Waals surface area contributed by atoms with Gasteiger partial charge in [-0.2, -0.15) is 13.2 Å². The van der Waals surface area contributed by atoms with Crippen molar-refractivity contribution in [3.8, 4) is 17.2 Å². The van der Waals surface area contributed by atoms with Crippen LogP contribution in [0.2, 0.25) is 0 Å². The first-order valence-electron chi connectivity index (χ1n) is 12.8. The van der Waals surface area contributed by atoms with Gasteiger partial charge in [0, 0.05) is 30.2 Å². The molecule has 0 aliphatic carbocycles. The number of halogens is 3. The average Bonchev–Trinajstić information content (AvgIpc) is 3.25. The number of rotatable bonds is 6. The van der Waals surface area contributed by atoms with Crippen molar-refractivity contribution in [2.75, 3.05) is 20.8 Å². The molecule has 204 valence electrons. The number of aromatic nitrogens is 1. The fraction of sp³-hybridized carbons (Fsp3) is 0.333. The molecule has 1 aromatic heterocycles. The zero-order valence-electron chi connectivity index (χ0n) is 21.7. The summed E-state index contributed by atoms with van der Waals surface area (Å²) < 4.78 is 58.0. The molecule has 0 radical (unpaired) electrons. The van der Waals surface area contributed by atoms with Crippen LogP contribution in [0.4, 0.5) is 13.2 Å². The van der Waals surface area contributed by atoms with Gasteiger partial charge in [0.2, 0.25) is 0 Å². The van der Waals surface area contributed by atoms with Crippen molar-refractivity contribution in [2.24, 2.45) is 0 Å². The number of aliphatic hydroxyl groups excluding tert-OH is 1. The number of aliphatic hydroxyl groups is 1. The van der Waals surface area contributed by atoms with Gasteiger partial charge < -0.3 is 23.9 Å². The highest BCUT2D eigenvalue weighted by atomic mass is 19.4. The van der Waals surface area contributed by atoms with E-state index < -0.39 is 11.7 Å². The highest BCUT2D eigenvalue weighted by Crippen LogP contribution is 2.45. The molecular weight excluding hydrogens is 509 g/mol. The number of nitrogens with zero attached hydrogens (tertiary/aromatic N) is 2. The molecule has 3 aromatic carbocycles. The second kappa shape index (κ2) is 9.81. The van der Waals surface area contributed by atoms with E-state index in [1.807, 2.05) is 34.9 Å². The quantitative estimate of drug-likeness (QED) is 0.333. The third-order valence-corrected chi connectivity index (χ3v) is 7.95. The summed E-state index contributed by atoms with van der Waals surface area (Å²) in [6.07, 6.45) is -2.75. The Hall–Kier alpha value is -3.69. The summed E-state index contributed by atoms with van der Waals surface area (Å²) in [5, 5.41) is 11.3. The summed E-state index contributed by atoms with van der Waals surface area (Å²) in [5.41, 5.74) is 5.61. The third kappa shape index (κ3) is 4.49. The maximum Gasteiger partial charge on any atom is 0.416 e. The highest BCUT2D eigenvalue weighted by Gasteiger charge is 2.36. The molecule has 3 heterocycles. The Labute approximate surface area is 224 Å². The van der Waals surface area contributed by atoms with Crippen LogP contribution in [0.1, 0.15) is 39.6 Å². The number of hydrogen-bond acceptors (Lipinski definition) is 5. The monoisotopic (exact) mass is 538 g/mol. The van der Waals surface area contributed by atoms with Crippen LogP contribution in [-0.4, -0.2) is 35.3 Å². The number of hydrogen-bond donors (Lipinski definition) is 1. The van der Waals surface area contributed by atoms with Gasteiger partial charge in [0.1, 0.15) is 19.1 Å². The molecule has 1 atom stereocenters. The van der Waals surface area contributed by atoms with Crippen molar-refractivity contribution in [2.45, 2.75) is 44.9 Å².